The van der Waals surface area contributed by atoms with Crippen molar-refractivity contribution in [1.29, 1.82) is 0 Å². The van der Waals surface area contributed by atoms with Gasteiger partial charge in [-0.25, -0.2) is 0 Å². The summed E-state index contributed by atoms with van der Waals surface area (Å²) in [7, 11) is 0. The number of halogens is 1. The average molecular weight is 313 g/mol. The van der Waals surface area contributed by atoms with Gasteiger partial charge in [-0.1, -0.05) is 35.9 Å². The van der Waals surface area contributed by atoms with E-state index in [1.165, 1.54) is 0 Å². The maximum atomic E-state index is 12.4. The quantitative estimate of drug-likeness (QED) is 0.494. The Morgan fingerprint density at radius 2 is 1.77 bits per heavy atom. The van der Waals surface area contributed by atoms with E-state index >= 15 is 0 Å². The summed E-state index contributed by atoms with van der Waals surface area (Å²) in [6, 6.07) is 15.6. The maximum absolute atomic E-state index is 12.4. The van der Waals surface area contributed by atoms with Crippen LogP contribution in [0.25, 0.3) is 10.8 Å². The van der Waals surface area contributed by atoms with Crippen LogP contribution < -0.4 is 11.1 Å². The van der Waals surface area contributed by atoms with Crippen molar-refractivity contribution in [3.05, 3.63) is 65.2 Å². The number of carbonyl (C=O) groups is 1. The number of rotatable bonds is 2. The Morgan fingerprint density at radius 1 is 1.09 bits per heavy atom. The zero-order valence-electron chi connectivity index (χ0n) is 11.5. The number of carbonyl (C=O) groups excluding carboxylic acids is 1. The Hall–Kier alpha value is -2.72. The molecule has 0 saturated heterocycles. The van der Waals surface area contributed by atoms with Gasteiger partial charge in [0, 0.05) is 16.1 Å². The lowest BCUT2D eigenvalue weighted by Gasteiger charge is -2.11. The molecule has 3 rings (SSSR count). The van der Waals surface area contributed by atoms with E-state index in [-0.39, 0.29) is 17.0 Å². The predicted molar refractivity (Wildman–Crippen MR) is 89.4 cm³/mol. The fraction of sp³-hybridized carbons (Fsp3) is 0. The first-order valence-corrected chi connectivity index (χ1v) is 7.01. The van der Waals surface area contributed by atoms with Crippen LogP contribution in [0.2, 0.25) is 5.02 Å². The van der Waals surface area contributed by atoms with Gasteiger partial charge in [-0.2, -0.15) is 0 Å². The second kappa shape index (κ2) is 5.58. The van der Waals surface area contributed by atoms with E-state index in [2.05, 4.69) is 5.32 Å². The zero-order valence-corrected chi connectivity index (χ0v) is 12.3. The van der Waals surface area contributed by atoms with Gasteiger partial charge in [0.05, 0.1) is 11.3 Å². The second-order valence-electron chi connectivity index (χ2n) is 4.87. The normalized spacial score (nSPS) is 10.6. The first kappa shape index (κ1) is 14.2. The third-order valence-corrected chi connectivity index (χ3v) is 3.66. The van der Waals surface area contributed by atoms with Gasteiger partial charge in [-0.3, -0.25) is 4.79 Å². The Bertz CT molecular complexity index is 860. The van der Waals surface area contributed by atoms with Gasteiger partial charge < -0.3 is 16.2 Å². The summed E-state index contributed by atoms with van der Waals surface area (Å²) in [4.78, 5) is 12.4. The van der Waals surface area contributed by atoms with E-state index in [1.54, 1.807) is 36.4 Å². The highest BCUT2D eigenvalue weighted by Gasteiger charge is 2.16. The van der Waals surface area contributed by atoms with Crippen LogP contribution in [0, 0.1) is 0 Å². The number of nitrogens with one attached hydrogen (secondary N) is 1. The number of anilines is 2. The van der Waals surface area contributed by atoms with Crippen molar-refractivity contribution in [2.75, 3.05) is 11.1 Å². The molecule has 0 bridgehead atoms. The van der Waals surface area contributed by atoms with Gasteiger partial charge in [0.1, 0.15) is 0 Å². The molecule has 0 radical (unpaired) electrons. The lowest BCUT2D eigenvalue weighted by atomic mass is 10.0. The Labute approximate surface area is 132 Å². The molecule has 0 atom stereocenters. The standard InChI is InChI=1S/C17H13ClN2O2/c18-11-5-7-12(8-6-11)20-17(22)14-9-10-3-1-2-4-13(10)15(19)16(14)21/h1-9,21H,19H2,(H,20,22). The molecular weight excluding hydrogens is 300 g/mol. The second-order valence-corrected chi connectivity index (χ2v) is 5.30. The fourth-order valence-corrected chi connectivity index (χ4v) is 2.40. The van der Waals surface area contributed by atoms with Crippen molar-refractivity contribution in [2.45, 2.75) is 0 Å². The van der Waals surface area contributed by atoms with Crippen LogP contribution in [-0.4, -0.2) is 11.0 Å². The topological polar surface area (TPSA) is 75.3 Å². The van der Waals surface area contributed by atoms with Gasteiger partial charge in [-0.15, -0.1) is 0 Å². The van der Waals surface area contributed by atoms with E-state index < -0.39 is 5.91 Å². The van der Waals surface area contributed by atoms with E-state index in [1.807, 2.05) is 18.2 Å². The maximum Gasteiger partial charge on any atom is 0.259 e. The number of amides is 1. The monoisotopic (exact) mass is 312 g/mol. The summed E-state index contributed by atoms with van der Waals surface area (Å²) in [5.74, 6) is -0.651. The number of phenols is 1. The van der Waals surface area contributed by atoms with E-state index in [0.717, 1.165) is 5.39 Å². The molecule has 3 aromatic rings. The highest BCUT2D eigenvalue weighted by molar-refractivity contribution is 6.30. The summed E-state index contributed by atoms with van der Waals surface area (Å²) in [6.45, 7) is 0. The number of nitrogen functional groups attached to an aromatic ring is 1. The highest BCUT2D eigenvalue weighted by atomic mass is 35.5. The summed E-state index contributed by atoms with van der Waals surface area (Å²) < 4.78 is 0. The van der Waals surface area contributed by atoms with Crippen molar-refractivity contribution in [2.24, 2.45) is 0 Å². The SMILES string of the molecule is Nc1c(O)c(C(=O)Nc2ccc(Cl)cc2)cc2ccccc12. The van der Waals surface area contributed by atoms with Gasteiger partial charge in [-0.05, 0) is 35.7 Å². The number of benzene rings is 3. The van der Waals surface area contributed by atoms with Gasteiger partial charge in [0.2, 0.25) is 0 Å². The number of fused-ring (bicyclic) bond motifs is 1. The van der Waals surface area contributed by atoms with Crippen molar-refractivity contribution in [3.8, 4) is 5.75 Å². The Kier molecular flexibility index (Phi) is 3.61. The zero-order chi connectivity index (χ0) is 15.7. The molecule has 0 aliphatic carbocycles. The van der Waals surface area contributed by atoms with Crippen molar-refractivity contribution in [1.82, 2.24) is 0 Å². The molecule has 0 fully saturated rings. The molecule has 4 N–H and O–H groups in total. The van der Waals surface area contributed by atoms with Gasteiger partial charge in [0.25, 0.3) is 5.91 Å². The number of aromatic hydroxyl groups is 1. The highest BCUT2D eigenvalue weighted by Crippen LogP contribution is 2.34. The molecule has 0 unspecified atom stereocenters. The summed E-state index contributed by atoms with van der Waals surface area (Å²) >= 11 is 5.81. The predicted octanol–water partition coefficient (Wildman–Crippen LogP) is 4.03. The molecule has 0 aliphatic rings. The Balaban J connectivity index is 2.00. The molecule has 110 valence electrons. The number of phenolic OH excluding ortho intramolecular Hbond substituents is 1. The molecule has 1 amide bonds. The average Bonchev–Trinajstić information content (AvgIpc) is 2.53. The Morgan fingerprint density at radius 3 is 2.50 bits per heavy atom. The smallest absolute Gasteiger partial charge is 0.259 e. The molecular formula is C17H13ClN2O2. The van der Waals surface area contributed by atoms with Crippen LogP contribution >= 0.6 is 11.6 Å². The van der Waals surface area contributed by atoms with Crippen LogP contribution in [0.1, 0.15) is 10.4 Å². The van der Waals surface area contributed by atoms with Crippen LogP contribution in [0.15, 0.2) is 54.6 Å². The molecule has 4 nitrogen and oxygen atoms in total. The van der Waals surface area contributed by atoms with Crippen LogP contribution in [0.5, 0.6) is 5.75 Å². The molecule has 22 heavy (non-hydrogen) atoms. The van der Waals surface area contributed by atoms with E-state index in [9.17, 15) is 9.90 Å². The first-order chi connectivity index (χ1) is 10.6. The summed E-state index contributed by atoms with van der Waals surface area (Å²) in [5.41, 5.74) is 6.83. The van der Waals surface area contributed by atoms with Crippen LogP contribution in [0.4, 0.5) is 11.4 Å². The summed E-state index contributed by atoms with van der Waals surface area (Å²) in [5, 5.41) is 15.0. The minimum Gasteiger partial charge on any atom is -0.505 e. The molecule has 0 aromatic heterocycles. The molecule has 0 aliphatic heterocycles. The lowest BCUT2D eigenvalue weighted by molar-refractivity contribution is 0.102. The molecule has 0 heterocycles. The van der Waals surface area contributed by atoms with Crippen LogP contribution in [-0.2, 0) is 0 Å². The fourth-order valence-electron chi connectivity index (χ4n) is 2.27. The molecule has 3 aromatic carbocycles. The summed E-state index contributed by atoms with van der Waals surface area (Å²) in [6.07, 6.45) is 0. The largest absolute Gasteiger partial charge is 0.505 e. The molecule has 5 heteroatoms. The van der Waals surface area contributed by atoms with E-state index in [4.69, 9.17) is 17.3 Å². The third-order valence-electron chi connectivity index (χ3n) is 3.41. The van der Waals surface area contributed by atoms with E-state index in [0.29, 0.717) is 16.1 Å². The number of nitrogens with two attached hydrogens (primary N) is 1. The van der Waals surface area contributed by atoms with Crippen molar-refractivity contribution >= 4 is 39.7 Å². The molecule has 0 spiro atoms. The van der Waals surface area contributed by atoms with Crippen molar-refractivity contribution < 1.29 is 9.90 Å². The van der Waals surface area contributed by atoms with Gasteiger partial charge >= 0.3 is 0 Å². The lowest BCUT2D eigenvalue weighted by Crippen LogP contribution is -2.12. The molecule has 0 saturated carbocycles. The van der Waals surface area contributed by atoms with Crippen molar-refractivity contribution in [3.63, 3.8) is 0 Å². The first-order valence-electron chi connectivity index (χ1n) is 6.63. The minimum atomic E-state index is -0.433. The van der Waals surface area contributed by atoms with Crippen LogP contribution in [0.3, 0.4) is 0 Å². The van der Waals surface area contributed by atoms with Gasteiger partial charge in [0.15, 0.2) is 5.75 Å². The minimum absolute atomic E-state index is 0.131. The number of hydrogen-bond acceptors (Lipinski definition) is 3. The third kappa shape index (κ3) is 2.56. The number of hydrogen-bond donors (Lipinski definition) is 3.